The van der Waals surface area contributed by atoms with Crippen molar-refractivity contribution in [3.8, 4) is 5.75 Å². The number of rotatable bonds is 4. The van der Waals surface area contributed by atoms with Gasteiger partial charge in [0.2, 0.25) is 0 Å². The van der Waals surface area contributed by atoms with Gasteiger partial charge in [-0.05, 0) is 42.5 Å². The molecule has 148 valence electrons. The highest BCUT2D eigenvalue weighted by atomic mass is 16.6. The predicted octanol–water partition coefficient (Wildman–Crippen LogP) is 3.11. The van der Waals surface area contributed by atoms with Crippen LogP contribution in [-0.2, 0) is 0 Å². The second-order valence-corrected chi connectivity index (χ2v) is 6.77. The van der Waals surface area contributed by atoms with Crippen molar-refractivity contribution in [2.24, 2.45) is 0 Å². The van der Waals surface area contributed by atoms with Crippen LogP contribution < -0.4 is 9.64 Å². The molecule has 2 aromatic carbocycles. The Balaban J connectivity index is 1.55. The zero-order valence-corrected chi connectivity index (χ0v) is 15.9. The number of nitro benzene ring substituents is 1. The minimum absolute atomic E-state index is 0.0585. The standard InChI is InChI=1S/C21H20N4O4/c1-29-16-5-2-4-15(14-16)21(26)24-12-10-23(11-13-24)19-8-7-18-17(6-3-9-22-18)20(19)25(27)28/h2-9,14H,10-13H2,1H3. The van der Waals surface area contributed by atoms with Crippen molar-refractivity contribution in [3.05, 3.63) is 70.4 Å². The maximum Gasteiger partial charge on any atom is 0.301 e. The van der Waals surface area contributed by atoms with Gasteiger partial charge >= 0.3 is 5.69 Å². The number of nitro groups is 1. The van der Waals surface area contributed by atoms with E-state index in [0.717, 1.165) is 0 Å². The summed E-state index contributed by atoms with van der Waals surface area (Å²) in [5.41, 5.74) is 1.78. The van der Waals surface area contributed by atoms with Crippen LogP contribution in [0.15, 0.2) is 54.7 Å². The highest BCUT2D eigenvalue weighted by Crippen LogP contribution is 2.35. The molecule has 0 bridgehead atoms. The molecule has 1 fully saturated rings. The monoisotopic (exact) mass is 392 g/mol. The predicted molar refractivity (Wildman–Crippen MR) is 110 cm³/mol. The van der Waals surface area contributed by atoms with E-state index in [9.17, 15) is 14.9 Å². The third-order valence-corrected chi connectivity index (χ3v) is 5.14. The summed E-state index contributed by atoms with van der Waals surface area (Å²) in [5.74, 6) is 0.565. The topological polar surface area (TPSA) is 88.8 Å². The van der Waals surface area contributed by atoms with Gasteiger partial charge in [-0.2, -0.15) is 0 Å². The average molecular weight is 392 g/mol. The van der Waals surface area contributed by atoms with Crippen LogP contribution in [0.25, 0.3) is 10.9 Å². The molecule has 3 aromatic rings. The molecule has 0 unspecified atom stereocenters. The van der Waals surface area contributed by atoms with Crippen molar-refractivity contribution in [3.63, 3.8) is 0 Å². The van der Waals surface area contributed by atoms with Crippen LogP contribution in [0.3, 0.4) is 0 Å². The lowest BCUT2D eigenvalue weighted by molar-refractivity contribution is -0.382. The molecule has 29 heavy (non-hydrogen) atoms. The highest BCUT2D eigenvalue weighted by molar-refractivity contribution is 5.96. The van der Waals surface area contributed by atoms with E-state index in [1.165, 1.54) is 0 Å². The zero-order chi connectivity index (χ0) is 20.4. The summed E-state index contributed by atoms with van der Waals surface area (Å²) < 4.78 is 5.19. The van der Waals surface area contributed by atoms with E-state index in [0.29, 0.717) is 54.1 Å². The number of carbonyl (C=O) groups is 1. The fraction of sp³-hybridized carbons (Fsp3) is 0.238. The second kappa shape index (κ2) is 7.75. The molecule has 0 N–H and O–H groups in total. The number of fused-ring (bicyclic) bond motifs is 1. The van der Waals surface area contributed by atoms with E-state index in [-0.39, 0.29) is 16.5 Å². The minimum Gasteiger partial charge on any atom is -0.497 e. The molecule has 4 rings (SSSR count). The van der Waals surface area contributed by atoms with Gasteiger partial charge in [-0.3, -0.25) is 19.9 Å². The van der Waals surface area contributed by atoms with Gasteiger partial charge < -0.3 is 14.5 Å². The number of amides is 1. The van der Waals surface area contributed by atoms with Crippen molar-refractivity contribution in [2.75, 3.05) is 38.2 Å². The van der Waals surface area contributed by atoms with E-state index in [4.69, 9.17) is 4.74 Å². The maximum atomic E-state index is 12.8. The molecule has 1 aliphatic heterocycles. The van der Waals surface area contributed by atoms with Crippen molar-refractivity contribution in [1.82, 2.24) is 9.88 Å². The third kappa shape index (κ3) is 3.56. The Kier molecular flexibility index (Phi) is 4.99. The summed E-state index contributed by atoms with van der Waals surface area (Å²) in [6, 6.07) is 14.0. The fourth-order valence-corrected chi connectivity index (χ4v) is 3.66. The van der Waals surface area contributed by atoms with Gasteiger partial charge in [-0.25, -0.2) is 0 Å². The summed E-state index contributed by atoms with van der Waals surface area (Å²) >= 11 is 0. The van der Waals surface area contributed by atoms with Crippen molar-refractivity contribution in [1.29, 1.82) is 0 Å². The number of ether oxygens (including phenoxy) is 1. The number of aromatic nitrogens is 1. The van der Waals surface area contributed by atoms with Gasteiger partial charge in [0.25, 0.3) is 5.91 Å². The Morgan fingerprint density at radius 2 is 1.90 bits per heavy atom. The van der Waals surface area contributed by atoms with Gasteiger partial charge in [0.05, 0.1) is 22.9 Å². The Labute approximate surface area is 167 Å². The summed E-state index contributed by atoms with van der Waals surface area (Å²) in [6.07, 6.45) is 1.62. The lowest BCUT2D eigenvalue weighted by Gasteiger charge is -2.36. The van der Waals surface area contributed by atoms with Crippen LogP contribution in [0.5, 0.6) is 5.75 Å². The molecule has 1 saturated heterocycles. The number of carbonyl (C=O) groups excluding carboxylic acids is 1. The smallest absolute Gasteiger partial charge is 0.301 e. The Morgan fingerprint density at radius 1 is 1.10 bits per heavy atom. The molecule has 8 heteroatoms. The molecule has 0 aliphatic carbocycles. The number of nitrogens with zero attached hydrogens (tertiary/aromatic N) is 4. The van der Waals surface area contributed by atoms with Gasteiger partial charge in [0, 0.05) is 37.9 Å². The van der Waals surface area contributed by atoms with E-state index < -0.39 is 0 Å². The van der Waals surface area contributed by atoms with Crippen LogP contribution >= 0.6 is 0 Å². The lowest BCUT2D eigenvalue weighted by Crippen LogP contribution is -2.49. The molecule has 0 atom stereocenters. The fourth-order valence-electron chi connectivity index (χ4n) is 3.66. The van der Waals surface area contributed by atoms with E-state index in [1.807, 2.05) is 4.90 Å². The quantitative estimate of drug-likeness (QED) is 0.501. The van der Waals surface area contributed by atoms with Gasteiger partial charge in [-0.1, -0.05) is 6.07 Å². The molecule has 1 aliphatic rings. The number of benzene rings is 2. The molecule has 1 aromatic heterocycles. The highest BCUT2D eigenvalue weighted by Gasteiger charge is 2.28. The first-order valence-electron chi connectivity index (χ1n) is 9.29. The van der Waals surface area contributed by atoms with Gasteiger partial charge in [0.15, 0.2) is 0 Å². The molecular formula is C21H20N4O4. The number of pyridine rings is 1. The van der Waals surface area contributed by atoms with Crippen molar-refractivity contribution in [2.45, 2.75) is 0 Å². The summed E-state index contributed by atoms with van der Waals surface area (Å²) in [4.78, 5) is 32.1. The van der Waals surface area contributed by atoms with Crippen molar-refractivity contribution >= 4 is 28.2 Å². The molecule has 0 spiro atoms. The number of methoxy groups -OCH3 is 1. The largest absolute Gasteiger partial charge is 0.497 e. The van der Waals surface area contributed by atoms with Gasteiger partial charge in [0.1, 0.15) is 11.4 Å². The number of anilines is 1. The van der Waals surface area contributed by atoms with Crippen LogP contribution in [0.1, 0.15) is 10.4 Å². The Hall–Kier alpha value is -3.68. The maximum absolute atomic E-state index is 12.8. The molecular weight excluding hydrogens is 372 g/mol. The first kappa shape index (κ1) is 18.7. The molecule has 2 heterocycles. The third-order valence-electron chi connectivity index (χ3n) is 5.14. The zero-order valence-electron chi connectivity index (χ0n) is 15.9. The summed E-state index contributed by atoms with van der Waals surface area (Å²) in [5, 5.41) is 12.3. The number of piperazine rings is 1. The second-order valence-electron chi connectivity index (χ2n) is 6.77. The van der Waals surface area contributed by atoms with Crippen LogP contribution in [0.4, 0.5) is 11.4 Å². The minimum atomic E-state index is -0.354. The average Bonchev–Trinajstić information content (AvgIpc) is 2.77. The SMILES string of the molecule is COc1cccc(C(=O)N2CCN(c3ccc4ncccc4c3[N+](=O)[O-])CC2)c1. The normalized spacial score (nSPS) is 14.1. The number of hydrogen-bond acceptors (Lipinski definition) is 6. The number of hydrogen-bond donors (Lipinski definition) is 0. The molecule has 1 amide bonds. The van der Waals surface area contributed by atoms with Crippen LogP contribution in [0.2, 0.25) is 0 Å². The van der Waals surface area contributed by atoms with E-state index in [1.54, 1.807) is 66.7 Å². The van der Waals surface area contributed by atoms with Crippen LogP contribution in [0, 0.1) is 10.1 Å². The Morgan fingerprint density at radius 3 is 2.62 bits per heavy atom. The Bertz CT molecular complexity index is 1080. The lowest BCUT2D eigenvalue weighted by atomic mass is 10.1. The van der Waals surface area contributed by atoms with Crippen molar-refractivity contribution < 1.29 is 14.5 Å². The summed E-state index contributed by atoms with van der Waals surface area (Å²) in [7, 11) is 1.56. The first-order valence-corrected chi connectivity index (χ1v) is 9.29. The first-order chi connectivity index (χ1) is 14.1. The molecule has 8 nitrogen and oxygen atoms in total. The van der Waals surface area contributed by atoms with E-state index >= 15 is 0 Å². The van der Waals surface area contributed by atoms with Crippen LogP contribution in [-0.4, -0.2) is 54.0 Å². The van der Waals surface area contributed by atoms with E-state index in [2.05, 4.69) is 4.98 Å². The molecule has 0 saturated carbocycles. The molecule has 0 radical (unpaired) electrons. The van der Waals surface area contributed by atoms with Gasteiger partial charge in [-0.15, -0.1) is 0 Å². The summed E-state index contributed by atoms with van der Waals surface area (Å²) in [6.45, 7) is 2.00.